The van der Waals surface area contributed by atoms with Gasteiger partial charge in [-0.05, 0) is 24.7 Å². The van der Waals surface area contributed by atoms with Crippen molar-refractivity contribution in [3.63, 3.8) is 0 Å². The van der Waals surface area contributed by atoms with Gasteiger partial charge in [0, 0.05) is 0 Å². The summed E-state index contributed by atoms with van der Waals surface area (Å²) in [5.41, 5.74) is 0. The molecule has 2 nitrogen and oxygen atoms in total. The Morgan fingerprint density at radius 3 is 2.37 bits per heavy atom. The topological polar surface area (TPSA) is 26.3 Å². The second-order valence-electron chi connectivity index (χ2n) is 6.67. The average molecular weight is 331 g/mol. The Bertz CT molecular complexity index is 295. The van der Waals surface area contributed by atoms with Crippen LogP contribution in [0.5, 0.6) is 0 Å². The summed E-state index contributed by atoms with van der Waals surface area (Å²) >= 11 is 3.79. The molecule has 1 aliphatic heterocycles. The van der Waals surface area contributed by atoms with E-state index < -0.39 is 0 Å². The number of halogens is 1. The number of ether oxygens (including phenoxy) is 1. The lowest BCUT2D eigenvalue weighted by Crippen LogP contribution is -2.23. The maximum atomic E-state index is 11.8. The summed E-state index contributed by atoms with van der Waals surface area (Å²) in [6.45, 7) is 4.23. The number of carbonyl (C=O) groups excluding carboxylic acids is 1. The number of carbonyl (C=O) groups is 1. The van der Waals surface area contributed by atoms with E-state index in [9.17, 15) is 4.79 Å². The van der Waals surface area contributed by atoms with E-state index >= 15 is 0 Å². The first-order chi connectivity index (χ1) is 9.08. The lowest BCUT2D eigenvalue weighted by molar-refractivity contribution is -0.145. The highest BCUT2D eigenvalue weighted by molar-refractivity contribution is 9.09. The van der Waals surface area contributed by atoms with E-state index in [1.54, 1.807) is 0 Å². The Morgan fingerprint density at radius 2 is 1.84 bits per heavy atom. The van der Waals surface area contributed by atoms with Gasteiger partial charge < -0.3 is 4.74 Å². The zero-order valence-electron chi connectivity index (χ0n) is 12.2. The molecule has 0 unspecified atom stereocenters. The molecule has 3 atom stereocenters. The average Bonchev–Trinajstić information content (AvgIpc) is 2.58. The summed E-state index contributed by atoms with van der Waals surface area (Å²) < 4.78 is 5.58. The SMILES string of the molecule is CC(C)[C@@H]1C[C@@H]([C@H](Br)CC2CCCCCC2)OC1=O. The molecule has 1 saturated heterocycles. The monoisotopic (exact) mass is 330 g/mol. The van der Waals surface area contributed by atoms with E-state index in [1.165, 1.54) is 44.9 Å². The van der Waals surface area contributed by atoms with Crippen molar-refractivity contribution in [3.05, 3.63) is 0 Å². The number of alkyl halides is 1. The van der Waals surface area contributed by atoms with Crippen molar-refractivity contribution in [3.8, 4) is 0 Å². The lowest BCUT2D eigenvalue weighted by Gasteiger charge is -2.22. The van der Waals surface area contributed by atoms with Crippen LogP contribution in [0.15, 0.2) is 0 Å². The van der Waals surface area contributed by atoms with Gasteiger partial charge >= 0.3 is 5.97 Å². The number of esters is 1. The van der Waals surface area contributed by atoms with Gasteiger partial charge in [-0.3, -0.25) is 4.79 Å². The van der Waals surface area contributed by atoms with Crippen LogP contribution in [0.4, 0.5) is 0 Å². The number of hydrogen-bond acceptors (Lipinski definition) is 2. The molecule has 3 heteroatoms. The number of hydrogen-bond donors (Lipinski definition) is 0. The molecule has 2 rings (SSSR count). The third kappa shape index (κ3) is 4.21. The molecular weight excluding hydrogens is 304 g/mol. The molecule has 2 aliphatic rings. The van der Waals surface area contributed by atoms with Gasteiger partial charge in [-0.1, -0.05) is 68.3 Å². The fourth-order valence-electron chi connectivity index (χ4n) is 3.47. The highest BCUT2D eigenvalue weighted by Crippen LogP contribution is 2.36. The molecule has 0 bridgehead atoms. The minimum atomic E-state index is 0.0188. The first-order valence-electron chi connectivity index (χ1n) is 7.92. The molecule has 110 valence electrons. The van der Waals surface area contributed by atoms with Gasteiger partial charge in [-0.25, -0.2) is 0 Å². The first kappa shape index (κ1) is 15.3. The molecular formula is C16H27BrO2. The van der Waals surface area contributed by atoms with Gasteiger partial charge in [0.15, 0.2) is 0 Å². The summed E-state index contributed by atoms with van der Waals surface area (Å²) in [5.74, 6) is 1.35. The molecule has 0 spiro atoms. The maximum absolute atomic E-state index is 11.8. The van der Waals surface area contributed by atoms with E-state index in [0.717, 1.165) is 12.3 Å². The van der Waals surface area contributed by atoms with Crippen molar-refractivity contribution in [2.75, 3.05) is 0 Å². The van der Waals surface area contributed by atoms with Crippen molar-refractivity contribution in [2.45, 2.75) is 76.1 Å². The van der Waals surface area contributed by atoms with Gasteiger partial charge in [0.25, 0.3) is 0 Å². The van der Waals surface area contributed by atoms with Crippen LogP contribution in [0.2, 0.25) is 0 Å². The highest BCUT2D eigenvalue weighted by Gasteiger charge is 2.39. The van der Waals surface area contributed by atoms with Crippen molar-refractivity contribution in [2.24, 2.45) is 17.8 Å². The zero-order chi connectivity index (χ0) is 13.8. The van der Waals surface area contributed by atoms with Gasteiger partial charge in [0.05, 0.1) is 10.7 Å². The van der Waals surface area contributed by atoms with Gasteiger partial charge in [-0.15, -0.1) is 0 Å². The van der Waals surface area contributed by atoms with Crippen molar-refractivity contribution in [1.82, 2.24) is 0 Å². The highest BCUT2D eigenvalue weighted by atomic mass is 79.9. The normalized spacial score (nSPS) is 31.3. The van der Waals surface area contributed by atoms with Crippen LogP contribution in [0.25, 0.3) is 0 Å². The molecule has 1 heterocycles. The molecule has 0 radical (unpaired) electrons. The quantitative estimate of drug-likeness (QED) is 0.424. The second kappa shape index (κ2) is 7.10. The summed E-state index contributed by atoms with van der Waals surface area (Å²) in [6, 6.07) is 0. The fraction of sp³-hybridized carbons (Fsp3) is 0.938. The smallest absolute Gasteiger partial charge is 0.309 e. The van der Waals surface area contributed by atoms with E-state index in [0.29, 0.717) is 10.7 Å². The predicted molar refractivity (Wildman–Crippen MR) is 81.3 cm³/mol. The number of cyclic esters (lactones) is 1. The van der Waals surface area contributed by atoms with Crippen LogP contribution < -0.4 is 0 Å². The molecule has 0 aromatic rings. The van der Waals surface area contributed by atoms with Crippen LogP contribution in [0.3, 0.4) is 0 Å². The molecule has 2 fully saturated rings. The molecule has 0 aromatic carbocycles. The van der Waals surface area contributed by atoms with Crippen LogP contribution in [-0.4, -0.2) is 16.9 Å². The molecule has 1 aliphatic carbocycles. The Kier molecular flexibility index (Phi) is 5.73. The standard InChI is InChI=1S/C16H27BrO2/c1-11(2)13-10-15(19-16(13)18)14(17)9-12-7-5-3-4-6-8-12/h11-15H,3-10H2,1-2H3/t13-,14+,15-/m0/s1. The molecule has 19 heavy (non-hydrogen) atoms. The zero-order valence-corrected chi connectivity index (χ0v) is 13.8. The van der Waals surface area contributed by atoms with Crippen molar-refractivity contribution >= 4 is 21.9 Å². The van der Waals surface area contributed by atoms with Crippen LogP contribution in [0, 0.1) is 17.8 Å². The summed E-state index contributed by atoms with van der Waals surface area (Å²) in [5, 5.41) is 0. The Hall–Kier alpha value is -0.0500. The Morgan fingerprint density at radius 1 is 1.21 bits per heavy atom. The minimum Gasteiger partial charge on any atom is -0.461 e. The second-order valence-corrected chi connectivity index (χ2v) is 7.85. The van der Waals surface area contributed by atoms with E-state index in [2.05, 4.69) is 29.8 Å². The van der Waals surface area contributed by atoms with Crippen LogP contribution >= 0.6 is 15.9 Å². The third-order valence-corrected chi connectivity index (χ3v) is 5.76. The van der Waals surface area contributed by atoms with Gasteiger partial charge in [0.1, 0.15) is 6.10 Å². The summed E-state index contributed by atoms with van der Waals surface area (Å²) in [7, 11) is 0. The van der Waals surface area contributed by atoms with Crippen LogP contribution in [0.1, 0.15) is 65.2 Å². The Labute approximate surface area is 125 Å². The first-order valence-corrected chi connectivity index (χ1v) is 8.84. The molecule has 0 N–H and O–H groups in total. The third-order valence-electron chi connectivity index (χ3n) is 4.80. The minimum absolute atomic E-state index is 0.0188. The van der Waals surface area contributed by atoms with Crippen LogP contribution in [-0.2, 0) is 9.53 Å². The predicted octanol–water partition coefficient (Wildman–Crippen LogP) is 4.70. The van der Waals surface area contributed by atoms with E-state index in [1.807, 2.05) is 0 Å². The molecule has 0 aromatic heterocycles. The maximum Gasteiger partial charge on any atom is 0.309 e. The van der Waals surface area contributed by atoms with Crippen molar-refractivity contribution < 1.29 is 9.53 Å². The lowest BCUT2D eigenvalue weighted by atomic mass is 9.89. The van der Waals surface area contributed by atoms with Gasteiger partial charge in [0.2, 0.25) is 0 Å². The van der Waals surface area contributed by atoms with Gasteiger partial charge in [-0.2, -0.15) is 0 Å². The van der Waals surface area contributed by atoms with E-state index in [-0.39, 0.29) is 18.0 Å². The Balaban J connectivity index is 1.83. The summed E-state index contributed by atoms with van der Waals surface area (Å²) in [4.78, 5) is 12.2. The largest absolute Gasteiger partial charge is 0.461 e. The van der Waals surface area contributed by atoms with E-state index in [4.69, 9.17) is 4.74 Å². The molecule has 0 amide bonds. The summed E-state index contributed by atoms with van der Waals surface area (Å²) in [6.07, 6.45) is 10.4. The fourth-order valence-corrected chi connectivity index (χ4v) is 4.32. The van der Waals surface area contributed by atoms with Crippen molar-refractivity contribution in [1.29, 1.82) is 0 Å². The number of rotatable bonds is 4. The molecule has 1 saturated carbocycles.